The quantitative estimate of drug-likeness (QED) is 0.721. The number of hydrogen-bond acceptors (Lipinski definition) is 5. The SMILES string of the molecule is CCc1ccc(NC(=O)CN2C(=O)S/C(=C/c3ccc(C)c(OC)c3)C2=O)cc1. The third kappa shape index (κ3) is 4.86. The molecule has 0 saturated carbocycles. The van der Waals surface area contributed by atoms with Crippen LogP contribution in [0.3, 0.4) is 0 Å². The zero-order valence-corrected chi connectivity index (χ0v) is 17.3. The summed E-state index contributed by atoms with van der Waals surface area (Å²) in [5, 5.41) is 2.26. The van der Waals surface area contributed by atoms with Crippen LogP contribution in [0.25, 0.3) is 6.08 Å². The number of imide groups is 1. The van der Waals surface area contributed by atoms with Gasteiger partial charge in [0.15, 0.2) is 0 Å². The fourth-order valence-corrected chi connectivity index (χ4v) is 3.72. The molecular formula is C22H22N2O4S. The molecule has 150 valence electrons. The third-order valence-electron chi connectivity index (χ3n) is 4.55. The summed E-state index contributed by atoms with van der Waals surface area (Å²) in [5.74, 6) is -0.197. The van der Waals surface area contributed by atoms with Gasteiger partial charge in [0.25, 0.3) is 11.1 Å². The van der Waals surface area contributed by atoms with Crippen LogP contribution in [-0.4, -0.2) is 35.6 Å². The summed E-state index contributed by atoms with van der Waals surface area (Å²) in [7, 11) is 1.58. The minimum atomic E-state index is -0.476. The maximum absolute atomic E-state index is 12.6. The van der Waals surface area contributed by atoms with E-state index in [9.17, 15) is 14.4 Å². The van der Waals surface area contributed by atoms with E-state index in [1.54, 1.807) is 31.4 Å². The standard InChI is InChI=1S/C22H22N2O4S/c1-4-15-7-9-17(10-8-15)23-20(25)13-24-21(26)19(29-22(24)27)12-16-6-5-14(2)18(11-16)28-3/h5-12H,4,13H2,1-3H3,(H,23,25)/b19-12+. The molecule has 7 heteroatoms. The predicted molar refractivity (Wildman–Crippen MR) is 115 cm³/mol. The zero-order valence-electron chi connectivity index (χ0n) is 16.5. The van der Waals surface area contributed by atoms with Crippen LogP contribution in [0, 0.1) is 6.92 Å². The number of ether oxygens (including phenoxy) is 1. The van der Waals surface area contributed by atoms with Crippen LogP contribution in [0.4, 0.5) is 10.5 Å². The molecule has 0 radical (unpaired) electrons. The Balaban J connectivity index is 1.69. The number of aryl methyl sites for hydroxylation is 2. The Morgan fingerprint density at radius 2 is 1.90 bits per heavy atom. The van der Waals surface area contributed by atoms with Crippen molar-refractivity contribution in [2.24, 2.45) is 0 Å². The molecule has 0 atom stereocenters. The topological polar surface area (TPSA) is 75.7 Å². The van der Waals surface area contributed by atoms with E-state index in [1.807, 2.05) is 38.1 Å². The lowest BCUT2D eigenvalue weighted by molar-refractivity contribution is -0.127. The number of hydrogen-bond donors (Lipinski definition) is 1. The van der Waals surface area contributed by atoms with Crippen molar-refractivity contribution in [2.45, 2.75) is 20.3 Å². The van der Waals surface area contributed by atoms with Crippen molar-refractivity contribution >= 4 is 40.6 Å². The van der Waals surface area contributed by atoms with Gasteiger partial charge >= 0.3 is 0 Å². The summed E-state index contributed by atoms with van der Waals surface area (Å²) in [6.07, 6.45) is 2.54. The Kier molecular flexibility index (Phi) is 6.39. The molecule has 0 aliphatic carbocycles. The molecule has 6 nitrogen and oxygen atoms in total. The number of nitrogens with one attached hydrogen (secondary N) is 1. The lowest BCUT2D eigenvalue weighted by atomic mass is 10.1. The van der Waals surface area contributed by atoms with Gasteiger partial charge in [-0.15, -0.1) is 0 Å². The third-order valence-corrected chi connectivity index (χ3v) is 5.46. The monoisotopic (exact) mass is 410 g/mol. The molecule has 1 saturated heterocycles. The largest absolute Gasteiger partial charge is 0.496 e. The van der Waals surface area contributed by atoms with E-state index in [1.165, 1.54) is 0 Å². The second-order valence-electron chi connectivity index (χ2n) is 6.60. The first kappa shape index (κ1) is 20.7. The first-order valence-electron chi connectivity index (χ1n) is 9.20. The number of rotatable bonds is 6. The van der Waals surface area contributed by atoms with E-state index in [2.05, 4.69) is 5.32 Å². The summed E-state index contributed by atoms with van der Waals surface area (Å²) in [5.41, 5.74) is 3.51. The average molecular weight is 410 g/mol. The Labute approximate surface area is 173 Å². The van der Waals surface area contributed by atoms with Gasteiger partial charge in [0, 0.05) is 5.69 Å². The van der Waals surface area contributed by atoms with Gasteiger partial charge < -0.3 is 10.1 Å². The van der Waals surface area contributed by atoms with Gasteiger partial charge in [0.1, 0.15) is 12.3 Å². The number of benzene rings is 2. The summed E-state index contributed by atoms with van der Waals surface area (Å²) in [4.78, 5) is 38.4. The number of carbonyl (C=O) groups excluding carboxylic acids is 3. The van der Waals surface area contributed by atoms with Crippen LogP contribution in [-0.2, 0) is 16.0 Å². The van der Waals surface area contributed by atoms with E-state index in [4.69, 9.17) is 4.74 Å². The van der Waals surface area contributed by atoms with Crippen molar-refractivity contribution in [3.05, 3.63) is 64.1 Å². The van der Waals surface area contributed by atoms with Gasteiger partial charge in [0.05, 0.1) is 12.0 Å². The van der Waals surface area contributed by atoms with Gasteiger partial charge in [-0.2, -0.15) is 0 Å². The normalized spacial score (nSPS) is 15.1. The molecule has 2 aromatic rings. The van der Waals surface area contributed by atoms with Crippen molar-refractivity contribution in [2.75, 3.05) is 19.0 Å². The number of nitrogens with zero attached hydrogens (tertiary/aromatic N) is 1. The zero-order chi connectivity index (χ0) is 21.0. The van der Waals surface area contributed by atoms with Crippen LogP contribution in [0.2, 0.25) is 0 Å². The Morgan fingerprint density at radius 1 is 1.17 bits per heavy atom. The highest BCUT2D eigenvalue weighted by atomic mass is 32.2. The highest BCUT2D eigenvalue weighted by Crippen LogP contribution is 2.33. The van der Waals surface area contributed by atoms with E-state index in [0.717, 1.165) is 39.8 Å². The van der Waals surface area contributed by atoms with E-state index >= 15 is 0 Å². The van der Waals surface area contributed by atoms with Crippen molar-refractivity contribution < 1.29 is 19.1 Å². The van der Waals surface area contributed by atoms with Gasteiger partial charge in [0.2, 0.25) is 5.91 Å². The van der Waals surface area contributed by atoms with Gasteiger partial charge in [-0.05, 0) is 66.1 Å². The lowest BCUT2D eigenvalue weighted by Crippen LogP contribution is -2.36. The van der Waals surface area contributed by atoms with Gasteiger partial charge in [-0.3, -0.25) is 19.3 Å². The number of methoxy groups -OCH3 is 1. The molecule has 1 aliphatic heterocycles. The highest BCUT2D eigenvalue weighted by molar-refractivity contribution is 8.18. The first-order valence-corrected chi connectivity index (χ1v) is 10.0. The smallest absolute Gasteiger partial charge is 0.294 e. The van der Waals surface area contributed by atoms with Gasteiger partial charge in [-0.25, -0.2) is 0 Å². The summed E-state index contributed by atoms with van der Waals surface area (Å²) >= 11 is 0.825. The molecule has 0 unspecified atom stereocenters. The number of amides is 3. The first-order chi connectivity index (χ1) is 13.9. The Morgan fingerprint density at radius 3 is 2.55 bits per heavy atom. The van der Waals surface area contributed by atoms with Crippen LogP contribution in [0.15, 0.2) is 47.4 Å². The lowest BCUT2D eigenvalue weighted by Gasteiger charge is -2.12. The minimum Gasteiger partial charge on any atom is -0.496 e. The van der Waals surface area contributed by atoms with Crippen LogP contribution >= 0.6 is 11.8 Å². The molecule has 1 heterocycles. The molecule has 0 bridgehead atoms. The number of carbonyl (C=O) groups is 3. The average Bonchev–Trinajstić information content (AvgIpc) is 2.97. The maximum Gasteiger partial charge on any atom is 0.294 e. The molecule has 1 aliphatic rings. The fraction of sp³-hybridized carbons (Fsp3) is 0.227. The second-order valence-corrected chi connectivity index (χ2v) is 7.59. The summed E-state index contributed by atoms with van der Waals surface area (Å²) in [6, 6.07) is 13.0. The Bertz CT molecular complexity index is 983. The fourth-order valence-electron chi connectivity index (χ4n) is 2.88. The van der Waals surface area contributed by atoms with Crippen molar-refractivity contribution in [1.29, 1.82) is 0 Å². The molecule has 3 rings (SSSR count). The molecule has 29 heavy (non-hydrogen) atoms. The van der Waals surface area contributed by atoms with Crippen molar-refractivity contribution in [3.8, 4) is 5.75 Å². The van der Waals surface area contributed by atoms with Crippen LogP contribution in [0.5, 0.6) is 5.75 Å². The summed E-state index contributed by atoms with van der Waals surface area (Å²) in [6.45, 7) is 3.65. The highest BCUT2D eigenvalue weighted by Gasteiger charge is 2.36. The maximum atomic E-state index is 12.6. The molecule has 0 spiro atoms. The Hall–Kier alpha value is -3.06. The molecule has 1 N–H and O–H groups in total. The number of thioether (sulfide) groups is 1. The van der Waals surface area contributed by atoms with E-state index < -0.39 is 17.1 Å². The van der Waals surface area contributed by atoms with Crippen LogP contribution < -0.4 is 10.1 Å². The molecule has 2 aromatic carbocycles. The minimum absolute atomic E-state index is 0.279. The number of anilines is 1. The molecule has 1 fully saturated rings. The van der Waals surface area contributed by atoms with Crippen molar-refractivity contribution in [1.82, 2.24) is 4.90 Å². The van der Waals surface area contributed by atoms with Crippen molar-refractivity contribution in [3.63, 3.8) is 0 Å². The molecule has 0 aromatic heterocycles. The van der Waals surface area contributed by atoms with Crippen LogP contribution in [0.1, 0.15) is 23.6 Å². The second kappa shape index (κ2) is 8.96. The van der Waals surface area contributed by atoms with E-state index in [0.29, 0.717) is 11.4 Å². The predicted octanol–water partition coefficient (Wildman–Crippen LogP) is 4.24. The summed E-state index contributed by atoms with van der Waals surface area (Å²) < 4.78 is 5.29. The van der Waals surface area contributed by atoms with E-state index in [-0.39, 0.29) is 11.4 Å². The van der Waals surface area contributed by atoms with Gasteiger partial charge in [-0.1, -0.05) is 31.2 Å². The molecular weight excluding hydrogens is 388 g/mol. The molecule has 3 amide bonds.